The summed E-state index contributed by atoms with van der Waals surface area (Å²) in [5.41, 5.74) is 1.07. The van der Waals surface area contributed by atoms with Gasteiger partial charge >= 0.3 is 0 Å². The summed E-state index contributed by atoms with van der Waals surface area (Å²) in [5.74, 6) is 0.439. The molecule has 5 heteroatoms. The van der Waals surface area contributed by atoms with Crippen LogP contribution in [-0.4, -0.2) is 35.4 Å². The van der Waals surface area contributed by atoms with Gasteiger partial charge < -0.3 is 10.2 Å². The van der Waals surface area contributed by atoms with Gasteiger partial charge in [-0.1, -0.05) is 6.92 Å². The van der Waals surface area contributed by atoms with Crippen LogP contribution in [0.15, 0.2) is 0 Å². The molecule has 0 spiro atoms. The van der Waals surface area contributed by atoms with Crippen LogP contribution in [0.4, 0.5) is 0 Å². The predicted octanol–water partition coefficient (Wildman–Crippen LogP) is 2.92. The van der Waals surface area contributed by atoms with Gasteiger partial charge in [0, 0.05) is 23.9 Å². The van der Waals surface area contributed by atoms with Crippen molar-refractivity contribution in [2.24, 2.45) is 5.92 Å². The number of aromatic nitrogens is 1. The van der Waals surface area contributed by atoms with E-state index in [1.807, 2.05) is 18.9 Å². The summed E-state index contributed by atoms with van der Waals surface area (Å²) < 4.78 is 0. The van der Waals surface area contributed by atoms with Crippen molar-refractivity contribution in [3.05, 3.63) is 15.6 Å². The number of hydrogen-bond donors (Lipinski definition) is 1. The van der Waals surface area contributed by atoms with E-state index in [0.717, 1.165) is 36.5 Å². The third-order valence-electron chi connectivity index (χ3n) is 4.46. The molecule has 1 aromatic rings. The van der Waals surface area contributed by atoms with Crippen LogP contribution in [-0.2, 0) is 11.2 Å². The maximum Gasteiger partial charge on any atom is 0.226 e. The predicted molar refractivity (Wildman–Crippen MR) is 87.6 cm³/mol. The molecule has 21 heavy (non-hydrogen) atoms. The highest BCUT2D eigenvalue weighted by Crippen LogP contribution is 2.30. The van der Waals surface area contributed by atoms with Gasteiger partial charge in [-0.3, -0.25) is 4.79 Å². The lowest BCUT2D eigenvalue weighted by Gasteiger charge is -2.33. The van der Waals surface area contributed by atoms with Gasteiger partial charge in [-0.25, -0.2) is 4.98 Å². The third kappa shape index (κ3) is 3.64. The van der Waals surface area contributed by atoms with Gasteiger partial charge in [-0.2, -0.15) is 0 Å². The van der Waals surface area contributed by atoms with Crippen molar-refractivity contribution >= 4 is 17.2 Å². The second-order valence-corrected chi connectivity index (χ2v) is 7.23. The fourth-order valence-corrected chi connectivity index (χ4v) is 4.12. The number of hydrogen-bond acceptors (Lipinski definition) is 4. The highest BCUT2D eigenvalue weighted by atomic mass is 32.1. The van der Waals surface area contributed by atoms with Crippen molar-refractivity contribution in [3.8, 4) is 0 Å². The normalized spacial score (nSPS) is 23.9. The molecule has 0 aromatic carbocycles. The minimum absolute atomic E-state index is 0.112. The summed E-state index contributed by atoms with van der Waals surface area (Å²) in [6.45, 7) is 9.38. The van der Waals surface area contributed by atoms with Crippen LogP contribution in [0.3, 0.4) is 0 Å². The first kappa shape index (κ1) is 16.4. The van der Waals surface area contributed by atoms with Gasteiger partial charge in [0.2, 0.25) is 5.91 Å². The zero-order chi connectivity index (χ0) is 15.6. The first-order valence-electron chi connectivity index (χ1n) is 7.90. The van der Waals surface area contributed by atoms with E-state index in [0.29, 0.717) is 6.04 Å². The summed E-state index contributed by atoms with van der Waals surface area (Å²) in [4.78, 5) is 20.5. The molecular weight excluding hydrogens is 282 g/mol. The highest BCUT2D eigenvalue weighted by Gasteiger charge is 2.30. The Hall–Kier alpha value is -0.940. The van der Waals surface area contributed by atoms with Crippen LogP contribution in [0.25, 0.3) is 0 Å². The van der Waals surface area contributed by atoms with E-state index in [4.69, 9.17) is 0 Å². The summed E-state index contributed by atoms with van der Waals surface area (Å²) in [6, 6.07) is 0.550. The van der Waals surface area contributed by atoms with Crippen molar-refractivity contribution in [1.29, 1.82) is 0 Å². The molecule has 1 aliphatic heterocycles. The van der Waals surface area contributed by atoms with Crippen molar-refractivity contribution in [2.75, 3.05) is 13.6 Å². The van der Waals surface area contributed by atoms with Gasteiger partial charge in [0.25, 0.3) is 0 Å². The van der Waals surface area contributed by atoms with Crippen molar-refractivity contribution in [3.63, 3.8) is 0 Å². The lowest BCUT2D eigenvalue weighted by molar-refractivity contribution is -0.137. The first-order valence-corrected chi connectivity index (χ1v) is 8.71. The van der Waals surface area contributed by atoms with E-state index in [2.05, 4.69) is 31.1 Å². The Bertz CT molecular complexity index is 500. The molecule has 1 fully saturated rings. The minimum atomic E-state index is 0.112. The van der Waals surface area contributed by atoms with Crippen LogP contribution in [0, 0.1) is 12.8 Å². The Morgan fingerprint density at radius 2 is 2.29 bits per heavy atom. The standard InChI is InChI=1S/C16H27N3OS/c1-6-14-18-11(3)15(21-14)12(4)19(5)16(20)13-7-8-17-10(2)9-13/h10,12-13,17H,6-9H2,1-5H3/t10-,12?,13-/m0/s1. The maximum atomic E-state index is 12.7. The average molecular weight is 309 g/mol. The minimum Gasteiger partial charge on any atom is -0.338 e. The number of carbonyl (C=O) groups is 1. The Kier molecular flexibility index (Phi) is 5.38. The number of aryl methyl sites for hydroxylation is 2. The van der Waals surface area contributed by atoms with Gasteiger partial charge in [0.1, 0.15) is 0 Å². The van der Waals surface area contributed by atoms with Crippen molar-refractivity contribution in [2.45, 2.75) is 59.0 Å². The Morgan fingerprint density at radius 1 is 1.57 bits per heavy atom. The summed E-state index contributed by atoms with van der Waals surface area (Å²) >= 11 is 1.74. The monoisotopic (exact) mass is 309 g/mol. The van der Waals surface area contributed by atoms with Crippen LogP contribution < -0.4 is 5.32 Å². The number of carbonyl (C=O) groups excluding carboxylic acids is 1. The van der Waals surface area contributed by atoms with Gasteiger partial charge in [0.15, 0.2) is 0 Å². The topological polar surface area (TPSA) is 45.2 Å². The van der Waals surface area contributed by atoms with Crippen LogP contribution >= 0.6 is 11.3 Å². The number of nitrogens with zero attached hydrogens (tertiary/aromatic N) is 2. The number of thiazole rings is 1. The molecule has 2 heterocycles. The molecule has 0 bridgehead atoms. The summed E-state index contributed by atoms with van der Waals surface area (Å²) in [7, 11) is 1.94. The number of piperidine rings is 1. The second kappa shape index (κ2) is 6.88. The third-order valence-corrected chi connectivity index (χ3v) is 5.93. The molecule has 1 N–H and O–H groups in total. The van der Waals surface area contributed by atoms with Crippen molar-refractivity contribution in [1.82, 2.24) is 15.2 Å². The van der Waals surface area contributed by atoms with E-state index in [1.54, 1.807) is 11.3 Å². The summed E-state index contributed by atoms with van der Waals surface area (Å²) in [6.07, 6.45) is 2.85. The van der Waals surface area contributed by atoms with E-state index >= 15 is 0 Å². The molecule has 118 valence electrons. The Balaban J connectivity index is 2.08. The lowest BCUT2D eigenvalue weighted by Crippen LogP contribution is -2.43. The molecule has 1 aliphatic rings. The SMILES string of the molecule is CCc1nc(C)c(C(C)N(C)C(=O)[C@H]2CCN[C@@H](C)C2)s1. The smallest absolute Gasteiger partial charge is 0.226 e. The Morgan fingerprint density at radius 3 is 2.86 bits per heavy atom. The lowest BCUT2D eigenvalue weighted by atomic mass is 9.91. The van der Waals surface area contributed by atoms with E-state index in [1.165, 1.54) is 4.88 Å². The molecule has 1 aromatic heterocycles. The van der Waals surface area contributed by atoms with Crippen LogP contribution in [0.1, 0.15) is 55.2 Å². The zero-order valence-electron chi connectivity index (χ0n) is 13.8. The fraction of sp³-hybridized carbons (Fsp3) is 0.750. The molecule has 3 atom stereocenters. The highest BCUT2D eigenvalue weighted by molar-refractivity contribution is 7.11. The first-order chi connectivity index (χ1) is 9.93. The molecule has 4 nitrogen and oxygen atoms in total. The van der Waals surface area contributed by atoms with Gasteiger partial charge in [0.05, 0.1) is 16.7 Å². The van der Waals surface area contributed by atoms with Crippen molar-refractivity contribution < 1.29 is 4.79 Å². The molecule has 0 aliphatic carbocycles. The second-order valence-electron chi connectivity index (χ2n) is 6.11. The molecule has 0 saturated carbocycles. The van der Waals surface area contributed by atoms with E-state index in [9.17, 15) is 4.79 Å². The number of rotatable bonds is 4. The fourth-order valence-electron chi connectivity index (χ4n) is 3.02. The Labute approximate surface area is 132 Å². The average Bonchev–Trinajstić information content (AvgIpc) is 2.86. The van der Waals surface area contributed by atoms with Crippen LogP contribution in [0.2, 0.25) is 0 Å². The van der Waals surface area contributed by atoms with Crippen LogP contribution in [0.5, 0.6) is 0 Å². The zero-order valence-corrected chi connectivity index (χ0v) is 14.6. The quantitative estimate of drug-likeness (QED) is 0.930. The molecular formula is C16H27N3OS. The largest absolute Gasteiger partial charge is 0.338 e. The molecule has 0 radical (unpaired) electrons. The molecule has 1 unspecified atom stereocenters. The van der Waals surface area contributed by atoms with E-state index < -0.39 is 0 Å². The summed E-state index contributed by atoms with van der Waals surface area (Å²) in [5, 5.41) is 4.57. The van der Waals surface area contributed by atoms with Gasteiger partial charge in [-0.05, 0) is 46.6 Å². The van der Waals surface area contributed by atoms with E-state index in [-0.39, 0.29) is 17.9 Å². The number of nitrogens with one attached hydrogen (secondary N) is 1. The molecule has 1 saturated heterocycles. The molecule has 2 rings (SSSR count). The maximum absolute atomic E-state index is 12.7. The van der Waals surface area contributed by atoms with Gasteiger partial charge in [-0.15, -0.1) is 11.3 Å². The number of amides is 1. The molecule has 1 amide bonds.